The molecule has 1 aliphatic rings. The molecule has 7 heteroatoms. The maximum absolute atomic E-state index is 10.7. The van der Waals surface area contributed by atoms with Crippen LogP contribution >= 0.6 is 0 Å². The van der Waals surface area contributed by atoms with Crippen molar-refractivity contribution in [1.29, 1.82) is 0 Å². The average Bonchev–Trinajstić information content (AvgIpc) is 2.03. The van der Waals surface area contributed by atoms with Gasteiger partial charge in [0.2, 0.25) is 0 Å². The van der Waals surface area contributed by atoms with E-state index in [9.17, 15) is 8.42 Å². The van der Waals surface area contributed by atoms with Gasteiger partial charge in [0.25, 0.3) is 10.1 Å². The van der Waals surface area contributed by atoms with Crippen molar-refractivity contribution in [3.63, 3.8) is 0 Å². The predicted octanol–water partition coefficient (Wildman–Crippen LogP) is -1.36. The first-order chi connectivity index (χ1) is 5.52. The van der Waals surface area contributed by atoms with Crippen LogP contribution in [-0.4, -0.2) is 87.3 Å². The van der Waals surface area contributed by atoms with Gasteiger partial charge in [0.1, 0.15) is 5.37 Å². The predicted molar refractivity (Wildman–Crippen MR) is 51.9 cm³/mol. The zero-order valence-electron chi connectivity index (χ0n) is 6.93. The van der Waals surface area contributed by atoms with Crippen molar-refractivity contribution >= 4 is 47.9 Å². The van der Waals surface area contributed by atoms with Crippen molar-refractivity contribution in [1.82, 2.24) is 4.90 Å². The number of nitrogens with zero attached hydrogens (tertiary/aromatic N) is 1. The van der Waals surface area contributed by atoms with Gasteiger partial charge < -0.3 is 4.74 Å². The Morgan fingerprint density at radius 1 is 1.38 bits per heavy atom. The Balaban J connectivity index is 0.00000144. The SMILES string of the molecule is CC(N1CCOCC1)S(=O)(=O)O.[CaH2]. The molecule has 1 N–H and O–H groups in total. The summed E-state index contributed by atoms with van der Waals surface area (Å²) in [6.45, 7) is 3.64. The second-order valence-electron chi connectivity index (χ2n) is 2.76. The number of rotatable bonds is 2. The minimum atomic E-state index is -3.93. The number of hydrogen-bond acceptors (Lipinski definition) is 4. The van der Waals surface area contributed by atoms with E-state index >= 15 is 0 Å². The Morgan fingerprint density at radius 3 is 2.23 bits per heavy atom. The summed E-state index contributed by atoms with van der Waals surface area (Å²) in [6, 6.07) is 0. The first-order valence-corrected chi connectivity index (χ1v) is 5.30. The summed E-state index contributed by atoms with van der Waals surface area (Å²) in [5.41, 5.74) is 0. The van der Waals surface area contributed by atoms with E-state index in [0.29, 0.717) is 26.3 Å². The summed E-state index contributed by atoms with van der Waals surface area (Å²) in [6.07, 6.45) is 0. The molecule has 1 atom stereocenters. The third-order valence-electron chi connectivity index (χ3n) is 1.99. The zero-order valence-corrected chi connectivity index (χ0v) is 7.75. The molecule has 1 heterocycles. The molecule has 1 rings (SSSR count). The molecule has 5 nitrogen and oxygen atoms in total. The van der Waals surface area contributed by atoms with Crippen LogP contribution in [0, 0.1) is 0 Å². The fraction of sp³-hybridized carbons (Fsp3) is 1.00. The van der Waals surface area contributed by atoms with Crippen LogP contribution in [0.5, 0.6) is 0 Å². The van der Waals surface area contributed by atoms with Crippen LogP contribution in [0.4, 0.5) is 0 Å². The van der Waals surface area contributed by atoms with Gasteiger partial charge in [-0.1, -0.05) is 0 Å². The van der Waals surface area contributed by atoms with Gasteiger partial charge in [-0.25, -0.2) is 0 Å². The standard InChI is InChI=1S/C6H13NO4S.Ca.2H/c1-6(12(8,9)10)7-2-4-11-5-3-7;;;/h6H,2-5H2,1H3,(H,8,9,10);;;. The Hall–Kier alpha value is 1.09. The molecule has 0 saturated carbocycles. The van der Waals surface area contributed by atoms with Gasteiger partial charge in [-0.05, 0) is 6.92 Å². The molecule has 0 radical (unpaired) electrons. The third-order valence-corrected chi connectivity index (χ3v) is 3.15. The first-order valence-electron chi connectivity index (χ1n) is 3.80. The van der Waals surface area contributed by atoms with Crippen LogP contribution in [0.2, 0.25) is 0 Å². The van der Waals surface area contributed by atoms with E-state index in [1.165, 1.54) is 6.92 Å². The molecule has 1 saturated heterocycles. The Kier molecular flexibility index (Phi) is 6.34. The number of ether oxygens (including phenoxy) is 1. The monoisotopic (exact) mass is 237 g/mol. The van der Waals surface area contributed by atoms with E-state index < -0.39 is 15.5 Å². The van der Waals surface area contributed by atoms with E-state index in [4.69, 9.17) is 9.29 Å². The van der Waals surface area contributed by atoms with Crippen molar-refractivity contribution in [2.24, 2.45) is 0 Å². The molecule has 1 fully saturated rings. The summed E-state index contributed by atoms with van der Waals surface area (Å²) < 4.78 is 35.2. The molecule has 0 spiro atoms. The van der Waals surface area contributed by atoms with Crippen molar-refractivity contribution < 1.29 is 17.7 Å². The number of hydrogen-bond donors (Lipinski definition) is 1. The molecule has 1 aliphatic heterocycles. The topological polar surface area (TPSA) is 66.8 Å². The van der Waals surface area contributed by atoms with Gasteiger partial charge in [-0.15, -0.1) is 0 Å². The summed E-state index contributed by atoms with van der Waals surface area (Å²) in [5, 5.41) is -0.818. The molecule has 0 aliphatic carbocycles. The molecule has 13 heavy (non-hydrogen) atoms. The third kappa shape index (κ3) is 4.42. The molecule has 0 bridgehead atoms. The Bertz CT molecular complexity index is 237. The molecule has 0 aromatic rings. The summed E-state index contributed by atoms with van der Waals surface area (Å²) in [4.78, 5) is 1.68. The van der Waals surface area contributed by atoms with Gasteiger partial charge in [-0.3, -0.25) is 9.45 Å². The maximum atomic E-state index is 10.7. The van der Waals surface area contributed by atoms with Crippen molar-refractivity contribution in [3.8, 4) is 0 Å². The second-order valence-corrected chi connectivity index (χ2v) is 4.47. The summed E-state index contributed by atoms with van der Waals surface area (Å²) >= 11 is 0. The first kappa shape index (κ1) is 14.1. The second kappa shape index (κ2) is 5.85. The van der Waals surface area contributed by atoms with E-state index in [-0.39, 0.29) is 37.7 Å². The van der Waals surface area contributed by atoms with Crippen LogP contribution in [0.1, 0.15) is 6.92 Å². The van der Waals surface area contributed by atoms with Crippen LogP contribution in [0.3, 0.4) is 0 Å². The molecule has 76 valence electrons. The van der Waals surface area contributed by atoms with Crippen LogP contribution in [-0.2, 0) is 14.9 Å². The molecule has 1 unspecified atom stereocenters. The fourth-order valence-electron chi connectivity index (χ4n) is 1.13. The van der Waals surface area contributed by atoms with Crippen LogP contribution in [0.15, 0.2) is 0 Å². The average molecular weight is 237 g/mol. The van der Waals surface area contributed by atoms with Crippen molar-refractivity contribution in [2.45, 2.75) is 12.3 Å². The normalized spacial score (nSPS) is 22.0. The van der Waals surface area contributed by atoms with E-state index in [1.807, 2.05) is 0 Å². The molecule has 0 amide bonds. The molecular weight excluding hydrogens is 222 g/mol. The minimum absolute atomic E-state index is 0. The van der Waals surface area contributed by atoms with Gasteiger partial charge in [-0.2, -0.15) is 8.42 Å². The van der Waals surface area contributed by atoms with Gasteiger partial charge in [0.05, 0.1) is 13.2 Å². The molecular formula is C6H15CaNO4S. The van der Waals surface area contributed by atoms with Gasteiger partial charge >= 0.3 is 37.7 Å². The van der Waals surface area contributed by atoms with Crippen LogP contribution < -0.4 is 0 Å². The Labute approximate surface area is 108 Å². The van der Waals surface area contributed by atoms with Gasteiger partial charge in [0.15, 0.2) is 0 Å². The van der Waals surface area contributed by atoms with E-state index in [1.54, 1.807) is 4.90 Å². The van der Waals surface area contributed by atoms with E-state index in [0.717, 1.165) is 0 Å². The number of morpholine rings is 1. The summed E-state index contributed by atoms with van der Waals surface area (Å²) in [7, 11) is -3.93. The Morgan fingerprint density at radius 2 is 1.85 bits per heavy atom. The van der Waals surface area contributed by atoms with Crippen molar-refractivity contribution in [2.75, 3.05) is 26.3 Å². The van der Waals surface area contributed by atoms with E-state index in [2.05, 4.69) is 0 Å². The molecule has 0 aromatic carbocycles. The fourth-order valence-corrected chi connectivity index (χ4v) is 1.72. The van der Waals surface area contributed by atoms with Crippen LogP contribution in [0.25, 0.3) is 0 Å². The summed E-state index contributed by atoms with van der Waals surface area (Å²) in [5.74, 6) is 0. The quantitative estimate of drug-likeness (QED) is 0.474. The van der Waals surface area contributed by atoms with Crippen molar-refractivity contribution in [3.05, 3.63) is 0 Å². The molecule has 0 aromatic heterocycles. The van der Waals surface area contributed by atoms with Gasteiger partial charge in [0, 0.05) is 13.1 Å². The zero-order chi connectivity index (χ0) is 9.19.